The van der Waals surface area contributed by atoms with Crippen LogP contribution in [0.5, 0.6) is 5.75 Å². The number of aromatic hydroxyl groups is 1. The highest BCUT2D eigenvalue weighted by molar-refractivity contribution is 8.18. The summed E-state index contributed by atoms with van der Waals surface area (Å²) in [5.41, 5.74) is 1.94. The molecule has 0 saturated carbocycles. The number of aryl methyl sites for hydroxylation is 1. The molecule has 2 aromatic carbocycles. The number of hydrogen-bond donors (Lipinski definition) is 2. The molecular weight excluding hydrogens is 367 g/mol. The second-order valence-corrected chi connectivity index (χ2v) is 6.95. The predicted molar refractivity (Wildman–Crippen MR) is 100 cm³/mol. The van der Waals surface area contributed by atoms with Crippen molar-refractivity contribution in [2.45, 2.75) is 6.92 Å². The number of rotatable bonds is 2. The maximum atomic E-state index is 12.1. The number of nitrogens with zero attached hydrogens (tertiary/aromatic N) is 1. The summed E-state index contributed by atoms with van der Waals surface area (Å²) in [5, 5.41) is 13.8. The zero-order chi connectivity index (χ0) is 17.3. The number of phenols is 1. The van der Waals surface area contributed by atoms with Crippen molar-refractivity contribution in [1.29, 1.82) is 0 Å². The van der Waals surface area contributed by atoms with Gasteiger partial charge in [-0.05, 0) is 54.6 Å². The first-order chi connectivity index (χ1) is 11.4. The molecule has 24 heavy (non-hydrogen) atoms. The fourth-order valence-electron chi connectivity index (χ4n) is 2.09. The predicted octanol–water partition coefficient (Wildman–Crippen LogP) is 4.90. The van der Waals surface area contributed by atoms with Crippen LogP contribution in [-0.4, -0.2) is 16.2 Å². The van der Waals surface area contributed by atoms with Crippen molar-refractivity contribution < 1.29 is 9.90 Å². The summed E-state index contributed by atoms with van der Waals surface area (Å²) >= 11 is 13.4. The first-order valence-electron chi connectivity index (χ1n) is 6.97. The van der Waals surface area contributed by atoms with E-state index in [0.29, 0.717) is 31.4 Å². The third-order valence-electron chi connectivity index (χ3n) is 3.28. The van der Waals surface area contributed by atoms with Crippen LogP contribution < -0.4 is 5.32 Å². The van der Waals surface area contributed by atoms with E-state index >= 15 is 0 Å². The Hall–Kier alpha value is -1.95. The number of hydrogen-bond acceptors (Lipinski definition) is 4. The smallest absolute Gasteiger partial charge is 0.264 e. The Morgan fingerprint density at radius 2 is 1.92 bits per heavy atom. The number of benzene rings is 2. The van der Waals surface area contributed by atoms with Crippen LogP contribution in [0.4, 0.5) is 5.69 Å². The highest BCUT2D eigenvalue weighted by atomic mass is 35.5. The lowest BCUT2D eigenvalue weighted by Crippen LogP contribution is -2.19. The number of carbonyl (C=O) groups is 1. The highest BCUT2D eigenvalue weighted by Gasteiger charge is 2.24. The number of carbonyl (C=O) groups excluding carboxylic acids is 1. The van der Waals surface area contributed by atoms with Gasteiger partial charge in [0.1, 0.15) is 11.4 Å². The van der Waals surface area contributed by atoms with Crippen LogP contribution in [-0.2, 0) is 4.79 Å². The Kier molecular flexibility index (Phi) is 4.85. The Morgan fingerprint density at radius 1 is 1.21 bits per heavy atom. The van der Waals surface area contributed by atoms with Crippen molar-refractivity contribution in [1.82, 2.24) is 5.32 Å². The van der Waals surface area contributed by atoms with Crippen molar-refractivity contribution in [3.63, 3.8) is 0 Å². The number of aliphatic imine (C=N–C) groups is 1. The molecule has 0 radical (unpaired) electrons. The molecule has 1 saturated heterocycles. The lowest BCUT2D eigenvalue weighted by Gasteiger charge is -2.02. The maximum Gasteiger partial charge on any atom is 0.264 e. The van der Waals surface area contributed by atoms with Crippen LogP contribution in [0.15, 0.2) is 46.3 Å². The molecule has 1 aliphatic rings. The Bertz CT molecular complexity index is 874. The van der Waals surface area contributed by atoms with Gasteiger partial charge in [0.25, 0.3) is 5.91 Å². The van der Waals surface area contributed by atoms with Gasteiger partial charge in [-0.3, -0.25) is 4.79 Å². The Labute approximate surface area is 153 Å². The van der Waals surface area contributed by atoms with Gasteiger partial charge < -0.3 is 10.4 Å². The van der Waals surface area contributed by atoms with Gasteiger partial charge in [0.15, 0.2) is 5.17 Å². The van der Waals surface area contributed by atoms with Crippen molar-refractivity contribution in [2.75, 3.05) is 0 Å². The standard InChI is InChI=1S/C17H12Cl2N2O2S/c1-9-5-6-14(22)13(7-9)20-17-21-16(23)15(24-17)8-10-11(18)3-2-4-12(10)19/h2-8,22H,1H3,(H,20,21,23)/b15-8-. The minimum Gasteiger partial charge on any atom is -0.506 e. The van der Waals surface area contributed by atoms with Crippen molar-refractivity contribution in [3.05, 3.63) is 62.5 Å². The lowest BCUT2D eigenvalue weighted by molar-refractivity contribution is -0.115. The summed E-state index contributed by atoms with van der Waals surface area (Å²) in [6, 6.07) is 10.2. The van der Waals surface area contributed by atoms with E-state index in [1.165, 1.54) is 0 Å². The van der Waals surface area contributed by atoms with Gasteiger partial charge in [-0.25, -0.2) is 4.99 Å². The second-order valence-electron chi connectivity index (χ2n) is 5.11. The normalized spacial score (nSPS) is 17.5. The number of amides is 1. The third-order valence-corrected chi connectivity index (χ3v) is 4.85. The molecule has 1 heterocycles. The largest absolute Gasteiger partial charge is 0.506 e. The molecule has 1 amide bonds. The summed E-state index contributed by atoms with van der Waals surface area (Å²) < 4.78 is 0. The van der Waals surface area contributed by atoms with Crippen LogP contribution in [0.25, 0.3) is 6.08 Å². The fraction of sp³-hybridized carbons (Fsp3) is 0.0588. The van der Waals surface area contributed by atoms with Gasteiger partial charge in [-0.1, -0.05) is 35.3 Å². The van der Waals surface area contributed by atoms with Crippen molar-refractivity contribution >= 4 is 57.8 Å². The molecule has 0 spiro atoms. The Morgan fingerprint density at radius 3 is 2.62 bits per heavy atom. The topological polar surface area (TPSA) is 61.7 Å². The average molecular weight is 379 g/mol. The molecule has 1 fully saturated rings. The van der Waals surface area contributed by atoms with Gasteiger partial charge in [0.05, 0.1) is 4.91 Å². The van der Waals surface area contributed by atoms with E-state index < -0.39 is 0 Å². The number of thioether (sulfide) groups is 1. The average Bonchev–Trinajstić information content (AvgIpc) is 2.86. The fourth-order valence-corrected chi connectivity index (χ4v) is 3.42. The quantitative estimate of drug-likeness (QED) is 0.730. The number of halogens is 2. The monoisotopic (exact) mass is 378 g/mol. The molecular formula is C17H12Cl2N2O2S. The summed E-state index contributed by atoms with van der Waals surface area (Å²) in [7, 11) is 0. The van der Waals surface area contributed by atoms with Gasteiger partial charge in [-0.15, -0.1) is 0 Å². The van der Waals surface area contributed by atoms with E-state index in [9.17, 15) is 9.90 Å². The van der Waals surface area contributed by atoms with E-state index in [2.05, 4.69) is 10.3 Å². The van der Waals surface area contributed by atoms with Crippen molar-refractivity contribution in [2.24, 2.45) is 4.99 Å². The van der Waals surface area contributed by atoms with Gasteiger partial charge in [0.2, 0.25) is 0 Å². The minimum absolute atomic E-state index is 0.0505. The molecule has 2 N–H and O–H groups in total. The zero-order valence-corrected chi connectivity index (χ0v) is 14.8. The van der Waals surface area contributed by atoms with E-state index in [0.717, 1.165) is 17.3 Å². The summed E-state index contributed by atoms with van der Waals surface area (Å²) in [6.45, 7) is 1.90. The van der Waals surface area contributed by atoms with Gasteiger partial charge >= 0.3 is 0 Å². The van der Waals surface area contributed by atoms with Crippen LogP contribution in [0, 0.1) is 6.92 Å². The first kappa shape index (κ1) is 16.9. The Balaban J connectivity index is 1.92. The van der Waals surface area contributed by atoms with E-state index in [-0.39, 0.29) is 11.7 Å². The molecule has 122 valence electrons. The molecule has 1 aliphatic heterocycles. The minimum atomic E-state index is -0.290. The highest BCUT2D eigenvalue weighted by Crippen LogP contribution is 2.34. The van der Waals surface area contributed by atoms with Crippen LogP contribution in [0.2, 0.25) is 10.0 Å². The SMILES string of the molecule is Cc1ccc(O)c(N=C2NC(=O)/C(=C/c3c(Cl)cccc3Cl)S2)c1. The maximum absolute atomic E-state index is 12.1. The number of nitrogens with one attached hydrogen (secondary N) is 1. The number of amidine groups is 1. The van der Waals surface area contributed by atoms with Crippen LogP contribution in [0.3, 0.4) is 0 Å². The first-order valence-corrected chi connectivity index (χ1v) is 8.54. The lowest BCUT2D eigenvalue weighted by atomic mass is 10.2. The molecule has 3 rings (SSSR count). The molecule has 4 nitrogen and oxygen atoms in total. The van der Waals surface area contributed by atoms with Gasteiger partial charge in [0, 0.05) is 15.6 Å². The molecule has 7 heteroatoms. The summed E-state index contributed by atoms with van der Waals surface area (Å²) in [6.07, 6.45) is 1.63. The molecule has 0 unspecified atom stereocenters. The zero-order valence-electron chi connectivity index (χ0n) is 12.5. The third kappa shape index (κ3) is 3.59. The molecule has 0 atom stereocenters. The van der Waals surface area contributed by atoms with Crippen LogP contribution >= 0.6 is 35.0 Å². The second kappa shape index (κ2) is 6.89. The van der Waals surface area contributed by atoms with E-state index in [4.69, 9.17) is 23.2 Å². The molecule has 0 aromatic heterocycles. The molecule has 2 aromatic rings. The van der Waals surface area contributed by atoms with E-state index in [1.54, 1.807) is 42.5 Å². The molecule has 0 aliphatic carbocycles. The number of phenolic OH excluding ortho intramolecular Hbond substituents is 1. The van der Waals surface area contributed by atoms with Gasteiger partial charge in [-0.2, -0.15) is 0 Å². The summed E-state index contributed by atoms with van der Waals surface area (Å²) in [5.74, 6) is -0.239. The summed E-state index contributed by atoms with van der Waals surface area (Å²) in [4.78, 5) is 16.8. The van der Waals surface area contributed by atoms with E-state index in [1.807, 2.05) is 6.92 Å². The molecule has 0 bridgehead atoms. The van der Waals surface area contributed by atoms with Crippen LogP contribution in [0.1, 0.15) is 11.1 Å². The van der Waals surface area contributed by atoms with Crippen molar-refractivity contribution in [3.8, 4) is 5.75 Å².